The Morgan fingerprint density at radius 1 is 1.44 bits per heavy atom. The van der Waals surface area contributed by atoms with E-state index in [1.165, 1.54) is 13.2 Å². The molecule has 4 heteroatoms. The van der Waals surface area contributed by atoms with Gasteiger partial charge in [0.25, 0.3) is 0 Å². The minimum absolute atomic E-state index is 0.0465. The first-order chi connectivity index (χ1) is 7.52. The highest BCUT2D eigenvalue weighted by Gasteiger charge is 2.08. The first-order valence-electron chi connectivity index (χ1n) is 5.25. The average Bonchev–Trinajstić information content (AvgIpc) is 2.19. The lowest BCUT2D eigenvalue weighted by Gasteiger charge is -2.17. The topological polar surface area (TPSA) is 38.5 Å². The van der Waals surface area contributed by atoms with Gasteiger partial charge in [0.05, 0.1) is 7.11 Å². The molecule has 0 bridgehead atoms. The predicted molar refractivity (Wildman–Crippen MR) is 63.2 cm³/mol. The number of methoxy groups -OCH3 is 1. The summed E-state index contributed by atoms with van der Waals surface area (Å²) in [7, 11) is 5.41. The summed E-state index contributed by atoms with van der Waals surface area (Å²) in [5.41, 5.74) is 6.95. The van der Waals surface area contributed by atoms with Crippen molar-refractivity contribution in [1.29, 1.82) is 0 Å². The number of hydrogen-bond donors (Lipinski definition) is 1. The smallest absolute Gasteiger partial charge is 0.165 e. The highest BCUT2D eigenvalue weighted by atomic mass is 19.1. The van der Waals surface area contributed by atoms with Crippen LogP contribution in [0.1, 0.15) is 5.56 Å². The molecule has 3 nitrogen and oxygen atoms in total. The molecule has 1 aromatic rings. The molecule has 0 saturated heterocycles. The van der Waals surface area contributed by atoms with Gasteiger partial charge in [-0.3, -0.25) is 0 Å². The van der Waals surface area contributed by atoms with Crippen LogP contribution < -0.4 is 10.5 Å². The Hall–Kier alpha value is -1.13. The highest BCUT2D eigenvalue weighted by molar-refractivity contribution is 5.30. The Morgan fingerprint density at radius 2 is 2.12 bits per heavy atom. The Balaban J connectivity index is 2.67. The second kappa shape index (κ2) is 5.82. The first kappa shape index (κ1) is 12.9. The number of ether oxygens (including phenoxy) is 1. The molecule has 1 aromatic carbocycles. The van der Waals surface area contributed by atoms with Crippen molar-refractivity contribution in [2.75, 3.05) is 27.7 Å². The van der Waals surface area contributed by atoms with Crippen LogP contribution in [-0.4, -0.2) is 38.7 Å². The lowest BCUT2D eigenvalue weighted by atomic mass is 10.1. The average molecular weight is 226 g/mol. The summed E-state index contributed by atoms with van der Waals surface area (Å²) >= 11 is 0. The summed E-state index contributed by atoms with van der Waals surface area (Å²) in [6, 6.07) is 4.90. The molecule has 16 heavy (non-hydrogen) atoms. The van der Waals surface area contributed by atoms with Gasteiger partial charge in [-0.25, -0.2) is 4.39 Å². The van der Waals surface area contributed by atoms with E-state index < -0.39 is 0 Å². The van der Waals surface area contributed by atoms with Gasteiger partial charge in [0, 0.05) is 12.6 Å². The van der Waals surface area contributed by atoms with Gasteiger partial charge >= 0.3 is 0 Å². The molecule has 0 saturated carbocycles. The van der Waals surface area contributed by atoms with E-state index in [1.807, 2.05) is 19.0 Å². The lowest BCUT2D eigenvalue weighted by molar-refractivity contribution is 0.369. The highest BCUT2D eigenvalue weighted by Crippen LogP contribution is 2.18. The Kier molecular flexibility index (Phi) is 4.71. The maximum Gasteiger partial charge on any atom is 0.165 e. The maximum absolute atomic E-state index is 13.2. The SMILES string of the molecule is COc1cc(CC(N)CN(C)C)ccc1F. The van der Waals surface area contributed by atoms with Crippen LogP contribution in [0.4, 0.5) is 4.39 Å². The van der Waals surface area contributed by atoms with E-state index in [0.717, 1.165) is 18.5 Å². The van der Waals surface area contributed by atoms with Crippen LogP contribution in [0, 0.1) is 5.82 Å². The van der Waals surface area contributed by atoms with Crippen LogP contribution in [0.5, 0.6) is 5.75 Å². The zero-order chi connectivity index (χ0) is 12.1. The molecule has 0 heterocycles. The lowest BCUT2D eigenvalue weighted by Crippen LogP contribution is -2.34. The zero-order valence-corrected chi connectivity index (χ0v) is 10.0. The van der Waals surface area contributed by atoms with E-state index in [2.05, 4.69) is 0 Å². The predicted octanol–water partition coefficient (Wildman–Crippen LogP) is 1.27. The number of likely N-dealkylation sites (N-methyl/N-ethyl adjacent to an activating group) is 1. The van der Waals surface area contributed by atoms with Gasteiger partial charge in [0.2, 0.25) is 0 Å². The minimum Gasteiger partial charge on any atom is -0.494 e. The van der Waals surface area contributed by atoms with Crippen molar-refractivity contribution in [3.63, 3.8) is 0 Å². The molecule has 0 aliphatic heterocycles. The summed E-state index contributed by atoms with van der Waals surface area (Å²) < 4.78 is 18.1. The molecular formula is C12H19FN2O. The number of nitrogens with two attached hydrogens (primary N) is 1. The van der Waals surface area contributed by atoms with Crippen LogP contribution in [-0.2, 0) is 6.42 Å². The fourth-order valence-electron chi connectivity index (χ4n) is 1.67. The first-order valence-corrected chi connectivity index (χ1v) is 5.25. The van der Waals surface area contributed by atoms with Gasteiger partial charge in [-0.15, -0.1) is 0 Å². The van der Waals surface area contributed by atoms with Crippen molar-refractivity contribution in [2.45, 2.75) is 12.5 Å². The molecule has 0 aliphatic rings. The van der Waals surface area contributed by atoms with Crippen LogP contribution in [0.15, 0.2) is 18.2 Å². The third-order valence-electron chi connectivity index (χ3n) is 2.31. The van der Waals surface area contributed by atoms with Crippen LogP contribution >= 0.6 is 0 Å². The summed E-state index contributed by atoms with van der Waals surface area (Å²) in [4.78, 5) is 2.03. The summed E-state index contributed by atoms with van der Waals surface area (Å²) in [5, 5.41) is 0. The summed E-state index contributed by atoms with van der Waals surface area (Å²) in [6.07, 6.45) is 0.717. The standard InChI is InChI=1S/C12H19FN2O/c1-15(2)8-10(14)6-9-4-5-11(13)12(7-9)16-3/h4-5,7,10H,6,8,14H2,1-3H3. The molecule has 1 unspecified atom stereocenters. The maximum atomic E-state index is 13.2. The van der Waals surface area contributed by atoms with Crippen molar-refractivity contribution in [2.24, 2.45) is 5.73 Å². The molecule has 0 aliphatic carbocycles. The van der Waals surface area contributed by atoms with Crippen molar-refractivity contribution < 1.29 is 9.13 Å². The summed E-state index contributed by atoms with van der Waals surface area (Å²) in [5.74, 6) is -0.0676. The molecule has 0 spiro atoms. The molecule has 0 amide bonds. The fraction of sp³-hybridized carbons (Fsp3) is 0.500. The molecule has 0 radical (unpaired) electrons. The third kappa shape index (κ3) is 3.79. The van der Waals surface area contributed by atoms with E-state index in [0.29, 0.717) is 0 Å². The quantitative estimate of drug-likeness (QED) is 0.821. The molecule has 90 valence electrons. The summed E-state index contributed by atoms with van der Waals surface area (Å²) in [6.45, 7) is 0.805. The van der Waals surface area contributed by atoms with Crippen molar-refractivity contribution >= 4 is 0 Å². The van der Waals surface area contributed by atoms with Gasteiger partial charge < -0.3 is 15.4 Å². The molecule has 1 atom stereocenters. The Morgan fingerprint density at radius 3 is 2.69 bits per heavy atom. The fourth-order valence-corrected chi connectivity index (χ4v) is 1.67. The number of benzene rings is 1. The molecule has 0 fully saturated rings. The van der Waals surface area contributed by atoms with Gasteiger partial charge in [0.15, 0.2) is 11.6 Å². The number of rotatable bonds is 5. The van der Waals surface area contributed by atoms with E-state index in [4.69, 9.17) is 10.5 Å². The van der Waals surface area contributed by atoms with Crippen LogP contribution in [0.3, 0.4) is 0 Å². The van der Waals surface area contributed by atoms with Crippen LogP contribution in [0.2, 0.25) is 0 Å². The van der Waals surface area contributed by atoms with Gasteiger partial charge in [-0.1, -0.05) is 6.07 Å². The van der Waals surface area contributed by atoms with Crippen molar-refractivity contribution in [1.82, 2.24) is 4.90 Å². The number of nitrogens with zero attached hydrogens (tertiary/aromatic N) is 1. The van der Waals surface area contributed by atoms with E-state index in [1.54, 1.807) is 12.1 Å². The van der Waals surface area contributed by atoms with Gasteiger partial charge in [-0.2, -0.15) is 0 Å². The van der Waals surface area contributed by atoms with Crippen molar-refractivity contribution in [3.8, 4) is 5.75 Å². The third-order valence-corrected chi connectivity index (χ3v) is 2.31. The van der Waals surface area contributed by atoms with Gasteiger partial charge in [-0.05, 0) is 38.2 Å². The Bertz CT molecular complexity index is 342. The van der Waals surface area contributed by atoms with E-state index in [-0.39, 0.29) is 17.6 Å². The van der Waals surface area contributed by atoms with Gasteiger partial charge in [0.1, 0.15) is 0 Å². The molecule has 2 N–H and O–H groups in total. The minimum atomic E-state index is -0.340. The van der Waals surface area contributed by atoms with Crippen LogP contribution in [0.25, 0.3) is 0 Å². The van der Waals surface area contributed by atoms with E-state index >= 15 is 0 Å². The monoisotopic (exact) mass is 226 g/mol. The second-order valence-electron chi connectivity index (χ2n) is 4.20. The molecule has 1 rings (SSSR count). The number of halogens is 1. The van der Waals surface area contributed by atoms with Crippen molar-refractivity contribution in [3.05, 3.63) is 29.6 Å². The molecule has 0 aromatic heterocycles. The van der Waals surface area contributed by atoms with E-state index in [9.17, 15) is 4.39 Å². The largest absolute Gasteiger partial charge is 0.494 e. The molecular weight excluding hydrogens is 207 g/mol. The second-order valence-corrected chi connectivity index (χ2v) is 4.20. The number of hydrogen-bond acceptors (Lipinski definition) is 3. The Labute approximate surface area is 96.0 Å². The normalized spacial score (nSPS) is 12.9. The zero-order valence-electron chi connectivity index (χ0n) is 10.0.